The predicted octanol–water partition coefficient (Wildman–Crippen LogP) is 3.37. The third-order valence-corrected chi connectivity index (χ3v) is 4.11. The molecule has 4 rings (SSSR count). The summed E-state index contributed by atoms with van der Waals surface area (Å²) in [6, 6.07) is 19.1. The van der Waals surface area contributed by atoms with E-state index < -0.39 is 0 Å². The first kappa shape index (κ1) is 14.4. The Morgan fingerprint density at radius 2 is 1.79 bits per heavy atom. The average Bonchev–Trinajstić information content (AvgIpc) is 3.05. The van der Waals surface area contributed by atoms with Gasteiger partial charge in [0.15, 0.2) is 11.5 Å². The molecule has 0 bridgehead atoms. The van der Waals surface area contributed by atoms with Crippen molar-refractivity contribution in [2.75, 3.05) is 0 Å². The van der Waals surface area contributed by atoms with Crippen LogP contribution in [-0.4, -0.2) is 20.5 Å². The summed E-state index contributed by atoms with van der Waals surface area (Å²) < 4.78 is 1.88. The monoisotopic (exact) mass is 316 g/mol. The van der Waals surface area contributed by atoms with Gasteiger partial charge in [-0.2, -0.15) is 0 Å². The molecule has 5 nitrogen and oxygen atoms in total. The molecule has 0 aliphatic carbocycles. The fourth-order valence-corrected chi connectivity index (χ4v) is 2.92. The van der Waals surface area contributed by atoms with Gasteiger partial charge in [0, 0.05) is 11.8 Å². The Labute approximate surface area is 139 Å². The molecule has 0 aliphatic heterocycles. The smallest absolute Gasteiger partial charge is 0.252 e. The second-order valence-electron chi connectivity index (χ2n) is 5.71. The third kappa shape index (κ3) is 2.40. The van der Waals surface area contributed by atoms with E-state index in [1.165, 1.54) is 0 Å². The van der Waals surface area contributed by atoms with E-state index in [-0.39, 0.29) is 11.9 Å². The van der Waals surface area contributed by atoms with Crippen molar-refractivity contribution in [2.45, 2.75) is 13.0 Å². The molecule has 118 valence electrons. The van der Waals surface area contributed by atoms with Gasteiger partial charge in [0.1, 0.15) is 0 Å². The Morgan fingerprint density at radius 3 is 2.71 bits per heavy atom. The number of amides is 1. The Kier molecular flexibility index (Phi) is 3.46. The van der Waals surface area contributed by atoms with E-state index in [1.54, 1.807) is 0 Å². The lowest BCUT2D eigenvalue weighted by Gasteiger charge is -2.13. The molecule has 0 radical (unpaired) electrons. The number of hydrogen-bond donors (Lipinski definition) is 1. The number of pyridine rings is 1. The van der Waals surface area contributed by atoms with Crippen LogP contribution in [0.1, 0.15) is 29.1 Å². The molecule has 2 heterocycles. The zero-order valence-corrected chi connectivity index (χ0v) is 13.2. The lowest BCUT2D eigenvalue weighted by atomic mass is 10.0. The van der Waals surface area contributed by atoms with Gasteiger partial charge in [0.05, 0.1) is 6.04 Å². The molecule has 1 atom stereocenters. The minimum atomic E-state index is -0.256. The normalized spacial score (nSPS) is 12.4. The van der Waals surface area contributed by atoms with E-state index in [0.29, 0.717) is 11.4 Å². The first-order chi connectivity index (χ1) is 11.7. The van der Waals surface area contributed by atoms with E-state index in [9.17, 15) is 4.79 Å². The van der Waals surface area contributed by atoms with Gasteiger partial charge in [-0.25, -0.2) is 0 Å². The first-order valence-corrected chi connectivity index (χ1v) is 7.82. The van der Waals surface area contributed by atoms with E-state index >= 15 is 0 Å². The molecular formula is C19H16N4O. The molecule has 5 heteroatoms. The molecule has 0 fully saturated rings. The summed E-state index contributed by atoms with van der Waals surface area (Å²) >= 11 is 0. The molecule has 1 unspecified atom stereocenters. The van der Waals surface area contributed by atoms with Gasteiger partial charge < -0.3 is 5.32 Å². The lowest BCUT2D eigenvalue weighted by Crippen LogP contribution is -2.28. The number of carbonyl (C=O) groups excluding carboxylic acids is 1. The summed E-state index contributed by atoms with van der Waals surface area (Å²) in [5, 5.41) is 13.3. The van der Waals surface area contributed by atoms with Crippen LogP contribution in [0, 0.1) is 0 Å². The minimum Gasteiger partial charge on any atom is -0.342 e. The van der Waals surface area contributed by atoms with Gasteiger partial charge in [-0.15, -0.1) is 10.2 Å². The van der Waals surface area contributed by atoms with Crippen LogP contribution in [0.15, 0.2) is 66.9 Å². The standard InChI is InChI=1S/C19H16N4O/c1-13(18-22-21-17-11-4-5-12-23(17)18)20-19(24)16-10-6-8-14-7-2-3-9-15(14)16/h2-13H,1H3,(H,20,24). The molecule has 2 aromatic carbocycles. The van der Waals surface area contributed by atoms with Crippen molar-refractivity contribution < 1.29 is 4.79 Å². The Hall–Kier alpha value is -3.21. The molecule has 4 aromatic rings. The second-order valence-corrected chi connectivity index (χ2v) is 5.71. The Bertz CT molecular complexity index is 1030. The van der Waals surface area contributed by atoms with E-state index in [2.05, 4.69) is 15.5 Å². The van der Waals surface area contributed by atoms with E-state index in [1.807, 2.05) is 78.2 Å². The number of hydrogen-bond acceptors (Lipinski definition) is 3. The summed E-state index contributed by atoms with van der Waals surface area (Å²) in [4.78, 5) is 12.7. The number of rotatable bonds is 3. The Balaban J connectivity index is 1.66. The largest absolute Gasteiger partial charge is 0.342 e. The fourth-order valence-electron chi connectivity index (χ4n) is 2.92. The molecule has 1 amide bonds. The number of carbonyl (C=O) groups is 1. The van der Waals surface area contributed by atoms with E-state index in [4.69, 9.17) is 0 Å². The van der Waals surface area contributed by atoms with Crippen molar-refractivity contribution in [3.63, 3.8) is 0 Å². The first-order valence-electron chi connectivity index (χ1n) is 7.82. The molecular weight excluding hydrogens is 300 g/mol. The van der Waals surface area contributed by atoms with Crippen molar-refractivity contribution in [1.29, 1.82) is 0 Å². The number of nitrogens with one attached hydrogen (secondary N) is 1. The highest BCUT2D eigenvalue weighted by atomic mass is 16.1. The highest BCUT2D eigenvalue weighted by Gasteiger charge is 2.17. The van der Waals surface area contributed by atoms with Gasteiger partial charge >= 0.3 is 0 Å². The maximum absolute atomic E-state index is 12.7. The summed E-state index contributed by atoms with van der Waals surface area (Å²) in [5.74, 6) is 0.589. The van der Waals surface area contributed by atoms with Crippen LogP contribution in [0.2, 0.25) is 0 Å². The number of fused-ring (bicyclic) bond motifs is 2. The third-order valence-electron chi connectivity index (χ3n) is 4.11. The quantitative estimate of drug-likeness (QED) is 0.630. The van der Waals surface area contributed by atoms with Crippen LogP contribution in [-0.2, 0) is 0 Å². The van der Waals surface area contributed by atoms with Crippen molar-refractivity contribution in [2.24, 2.45) is 0 Å². The maximum atomic E-state index is 12.7. The van der Waals surface area contributed by atoms with Crippen LogP contribution in [0.4, 0.5) is 0 Å². The molecule has 0 aliphatic rings. The lowest BCUT2D eigenvalue weighted by molar-refractivity contribution is 0.0940. The summed E-state index contributed by atoms with van der Waals surface area (Å²) in [7, 11) is 0. The zero-order chi connectivity index (χ0) is 16.5. The summed E-state index contributed by atoms with van der Waals surface area (Å²) in [6.07, 6.45) is 1.89. The van der Waals surface area contributed by atoms with Crippen LogP contribution in [0.5, 0.6) is 0 Å². The molecule has 0 saturated heterocycles. The highest BCUT2D eigenvalue weighted by Crippen LogP contribution is 2.20. The maximum Gasteiger partial charge on any atom is 0.252 e. The number of benzene rings is 2. The predicted molar refractivity (Wildman–Crippen MR) is 92.8 cm³/mol. The number of aromatic nitrogens is 3. The Morgan fingerprint density at radius 1 is 1.00 bits per heavy atom. The molecule has 0 saturated carbocycles. The van der Waals surface area contributed by atoms with Gasteiger partial charge in [-0.05, 0) is 35.9 Å². The zero-order valence-electron chi connectivity index (χ0n) is 13.2. The van der Waals surface area contributed by atoms with Crippen molar-refractivity contribution in [3.05, 3.63) is 78.2 Å². The number of nitrogens with zero attached hydrogens (tertiary/aromatic N) is 3. The molecule has 0 spiro atoms. The van der Waals surface area contributed by atoms with Crippen LogP contribution in [0.3, 0.4) is 0 Å². The molecule has 24 heavy (non-hydrogen) atoms. The summed E-state index contributed by atoms with van der Waals surface area (Å²) in [5.41, 5.74) is 1.42. The summed E-state index contributed by atoms with van der Waals surface area (Å²) in [6.45, 7) is 1.91. The topological polar surface area (TPSA) is 59.3 Å². The van der Waals surface area contributed by atoms with Crippen LogP contribution in [0.25, 0.3) is 16.4 Å². The SMILES string of the molecule is CC(NC(=O)c1cccc2ccccc12)c1nnc2ccccn12. The van der Waals surface area contributed by atoms with Crippen molar-refractivity contribution >= 4 is 22.3 Å². The van der Waals surface area contributed by atoms with Gasteiger partial charge in [-0.1, -0.05) is 42.5 Å². The molecule has 1 N–H and O–H groups in total. The van der Waals surface area contributed by atoms with Gasteiger partial charge in [0.2, 0.25) is 0 Å². The van der Waals surface area contributed by atoms with Crippen LogP contribution >= 0.6 is 0 Å². The van der Waals surface area contributed by atoms with Gasteiger partial charge in [0.25, 0.3) is 5.91 Å². The van der Waals surface area contributed by atoms with Gasteiger partial charge in [-0.3, -0.25) is 9.20 Å². The average molecular weight is 316 g/mol. The molecule has 2 aromatic heterocycles. The van der Waals surface area contributed by atoms with Crippen molar-refractivity contribution in [3.8, 4) is 0 Å². The minimum absolute atomic E-state index is 0.119. The van der Waals surface area contributed by atoms with E-state index in [0.717, 1.165) is 16.4 Å². The highest BCUT2D eigenvalue weighted by molar-refractivity contribution is 6.07. The second kappa shape index (κ2) is 5.77. The van der Waals surface area contributed by atoms with Crippen LogP contribution < -0.4 is 5.32 Å². The van der Waals surface area contributed by atoms with Crippen molar-refractivity contribution in [1.82, 2.24) is 19.9 Å². The fraction of sp³-hybridized carbons (Fsp3) is 0.105.